The van der Waals surface area contributed by atoms with Crippen molar-refractivity contribution in [2.24, 2.45) is 0 Å². The van der Waals surface area contributed by atoms with Gasteiger partial charge in [-0.1, -0.05) is 86.0 Å². The van der Waals surface area contributed by atoms with Crippen molar-refractivity contribution in [1.82, 2.24) is 0 Å². The zero-order valence-electron chi connectivity index (χ0n) is 35.7. The first-order valence-electron chi connectivity index (χ1n) is 21.5. The fourth-order valence-electron chi connectivity index (χ4n) is 11.1. The van der Waals surface area contributed by atoms with Crippen molar-refractivity contribution in [2.75, 3.05) is 25.0 Å². The Hall–Kier alpha value is -7.12. The summed E-state index contributed by atoms with van der Waals surface area (Å²) in [5.74, 6) is 0.732. The average molecular weight is 865 g/mol. The molecule has 0 radical (unpaired) electrons. The lowest BCUT2D eigenvalue weighted by atomic mass is 9.92. The van der Waals surface area contributed by atoms with Gasteiger partial charge in [-0.2, -0.15) is 20.1 Å². The van der Waals surface area contributed by atoms with Crippen LogP contribution in [0.1, 0.15) is 11.3 Å². The number of benzene rings is 8. The van der Waals surface area contributed by atoms with Gasteiger partial charge in [0, 0.05) is 85.1 Å². The molecular formula is C58H40O4S2. The van der Waals surface area contributed by atoms with Gasteiger partial charge in [-0.15, -0.1) is 0 Å². The van der Waals surface area contributed by atoms with Crippen LogP contribution in [0.5, 0.6) is 0 Å². The third kappa shape index (κ3) is 4.51. The number of rotatable bonds is 4. The van der Waals surface area contributed by atoms with Crippen LogP contribution in [0, 0.1) is 0 Å². The van der Waals surface area contributed by atoms with E-state index < -0.39 is 20.1 Å². The van der Waals surface area contributed by atoms with E-state index in [1.807, 2.05) is 18.2 Å². The van der Waals surface area contributed by atoms with E-state index in [9.17, 15) is 0 Å². The van der Waals surface area contributed by atoms with Crippen molar-refractivity contribution in [3.8, 4) is 44.5 Å². The van der Waals surface area contributed by atoms with Crippen LogP contribution in [0.2, 0.25) is 0 Å². The minimum atomic E-state index is -1.54. The summed E-state index contributed by atoms with van der Waals surface area (Å²) in [5.41, 5.74) is 16.8. The number of hydrogen-bond donors (Lipinski definition) is 0. The molecule has 64 heavy (non-hydrogen) atoms. The van der Waals surface area contributed by atoms with Crippen LogP contribution in [-0.2, 0) is 0 Å². The Kier molecular flexibility index (Phi) is 7.00. The van der Waals surface area contributed by atoms with Gasteiger partial charge in [-0.3, -0.25) is 0 Å². The summed E-state index contributed by atoms with van der Waals surface area (Å²) in [5, 5.41) is 7.78. The predicted octanol–water partition coefficient (Wildman–Crippen LogP) is 17.7. The highest BCUT2D eigenvalue weighted by molar-refractivity contribution is 8.33. The third-order valence-electron chi connectivity index (χ3n) is 14.2. The van der Waals surface area contributed by atoms with E-state index in [1.54, 1.807) is 6.08 Å². The van der Waals surface area contributed by atoms with Crippen LogP contribution in [0.3, 0.4) is 0 Å². The molecule has 2 aliphatic heterocycles. The van der Waals surface area contributed by atoms with Crippen LogP contribution < -0.4 is 0 Å². The molecule has 308 valence electrons. The largest absolute Gasteiger partial charge is 0.456 e. The highest BCUT2D eigenvalue weighted by Gasteiger charge is 2.42. The number of para-hydroxylation sites is 3. The van der Waals surface area contributed by atoms with E-state index in [2.05, 4.69) is 160 Å². The van der Waals surface area contributed by atoms with E-state index in [0.29, 0.717) is 0 Å². The molecule has 2 aliphatic rings. The number of hydrogen-bond acceptors (Lipinski definition) is 4. The molecule has 0 unspecified atom stereocenters. The van der Waals surface area contributed by atoms with Crippen LogP contribution in [0.15, 0.2) is 184 Å². The van der Waals surface area contributed by atoms with Crippen LogP contribution >= 0.6 is 20.1 Å². The van der Waals surface area contributed by atoms with Gasteiger partial charge in [0.05, 0.1) is 0 Å². The van der Waals surface area contributed by atoms with E-state index in [-0.39, 0.29) is 0 Å². The first-order chi connectivity index (χ1) is 31.1. The maximum Gasteiger partial charge on any atom is 0.144 e. The van der Waals surface area contributed by atoms with E-state index >= 15 is 0 Å². The zero-order chi connectivity index (χ0) is 43.0. The molecule has 6 heteroatoms. The van der Waals surface area contributed by atoms with Crippen molar-refractivity contribution in [1.29, 1.82) is 0 Å². The van der Waals surface area contributed by atoms with Crippen molar-refractivity contribution in [3.63, 3.8) is 0 Å². The fraction of sp³-hybridized carbons (Fsp3) is 0.0690. The zero-order valence-corrected chi connectivity index (χ0v) is 37.4. The monoisotopic (exact) mass is 864 g/mol. The lowest BCUT2D eigenvalue weighted by Crippen LogP contribution is -1.95. The third-order valence-corrected chi connectivity index (χ3v) is 19.9. The summed E-state index contributed by atoms with van der Waals surface area (Å²) in [4.78, 5) is 5.44. The Labute approximate surface area is 371 Å². The molecular weight excluding hydrogens is 825 g/mol. The second kappa shape index (κ2) is 12.3. The molecule has 0 saturated carbocycles. The van der Waals surface area contributed by atoms with Gasteiger partial charge in [-0.05, 0) is 120 Å². The van der Waals surface area contributed by atoms with Crippen molar-refractivity contribution >= 4 is 109 Å². The first-order valence-corrected chi connectivity index (χ1v) is 26.4. The molecule has 0 aliphatic carbocycles. The molecule has 0 fully saturated rings. The lowest BCUT2D eigenvalue weighted by molar-refractivity contribution is 0.603. The van der Waals surface area contributed by atoms with Crippen LogP contribution in [0.4, 0.5) is 0 Å². The Morgan fingerprint density at radius 1 is 0.391 bits per heavy atom. The van der Waals surface area contributed by atoms with Gasteiger partial charge in [0.15, 0.2) is 0 Å². The van der Waals surface area contributed by atoms with Gasteiger partial charge in [0.1, 0.15) is 44.8 Å². The molecule has 0 N–H and O–H groups in total. The Morgan fingerprint density at radius 2 is 0.828 bits per heavy atom. The van der Waals surface area contributed by atoms with Crippen molar-refractivity contribution in [3.05, 3.63) is 158 Å². The molecule has 6 heterocycles. The van der Waals surface area contributed by atoms with Gasteiger partial charge < -0.3 is 17.7 Å². The maximum absolute atomic E-state index is 7.05. The maximum atomic E-state index is 7.05. The second-order valence-electron chi connectivity index (χ2n) is 18.0. The number of fused-ring (bicyclic) bond motifs is 18. The minimum absolute atomic E-state index is 0.732. The summed E-state index contributed by atoms with van der Waals surface area (Å²) in [6.07, 6.45) is 13.4. The average Bonchev–Trinajstić information content (AvgIpc) is 4.14. The summed E-state index contributed by atoms with van der Waals surface area (Å²) in [6, 6.07) is 48.5. The summed E-state index contributed by atoms with van der Waals surface area (Å²) >= 11 is 0. The van der Waals surface area contributed by atoms with E-state index in [0.717, 1.165) is 105 Å². The van der Waals surface area contributed by atoms with Crippen molar-refractivity contribution in [2.45, 2.75) is 19.6 Å². The quantitative estimate of drug-likeness (QED) is 0.177. The van der Waals surface area contributed by atoms with Gasteiger partial charge in [0.2, 0.25) is 0 Å². The van der Waals surface area contributed by atoms with E-state index in [1.165, 1.54) is 47.4 Å². The van der Waals surface area contributed by atoms with E-state index in [4.69, 9.17) is 17.7 Å². The topological polar surface area (TPSA) is 52.6 Å². The second-order valence-corrected chi connectivity index (χ2v) is 25.1. The molecule has 8 aromatic carbocycles. The minimum Gasteiger partial charge on any atom is -0.456 e. The first kappa shape index (κ1) is 36.4. The Bertz CT molecular complexity index is 4130. The molecule has 0 spiro atoms. The molecule has 4 aromatic heterocycles. The highest BCUT2D eigenvalue weighted by Crippen LogP contribution is 2.75. The van der Waals surface area contributed by atoms with Crippen LogP contribution in [-0.4, -0.2) is 25.0 Å². The van der Waals surface area contributed by atoms with Gasteiger partial charge in [-0.25, -0.2) is 0 Å². The molecule has 4 nitrogen and oxygen atoms in total. The predicted molar refractivity (Wildman–Crippen MR) is 272 cm³/mol. The summed E-state index contributed by atoms with van der Waals surface area (Å²) < 4.78 is 26.9. The van der Waals surface area contributed by atoms with Crippen LogP contribution in [0.25, 0.3) is 133 Å². The molecule has 0 saturated heterocycles. The lowest BCUT2D eigenvalue weighted by Gasteiger charge is -2.30. The molecule has 0 bridgehead atoms. The molecule has 14 rings (SSSR count). The summed E-state index contributed by atoms with van der Waals surface area (Å²) in [6.45, 7) is 8.06. The molecule has 12 aromatic rings. The number of furan rings is 4. The van der Waals surface area contributed by atoms with Gasteiger partial charge >= 0.3 is 0 Å². The van der Waals surface area contributed by atoms with Gasteiger partial charge in [0.25, 0.3) is 0 Å². The fourth-order valence-corrected chi connectivity index (χ4v) is 16.1. The summed E-state index contributed by atoms with van der Waals surface area (Å²) in [7, 11) is -3.08. The SMILES string of the molecule is C=Cc1oc2cc(-c3cc4c(c5oc6ccccc6c35)-c3cc5c(cc3S4(C)C)-c3c(cc(-c4ccc6c(c4)oc4ccccc46)c4c3oc3ccccc34)S5(C)C)ccc2c1C=C. The smallest absolute Gasteiger partial charge is 0.144 e. The highest BCUT2D eigenvalue weighted by atomic mass is 32.3. The molecule has 0 atom stereocenters. The Morgan fingerprint density at radius 3 is 1.34 bits per heavy atom. The standard InChI is InChI=1S/C58H40O4S2/c1-7-33-35-23-21-31(25-47(35)59-43(33)8-2)39-27-51-55(57-53(39)37-16-10-13-19-45(37)61-57)41-29-50-42(30-49(41)63(51,3)4)56-52(64(50,5)6)28-40(54-38-17-11-14-20-46(38)62-58(54)56)32-22-24-36-34-15-9-12-18-44(34)60-48(36)26-32/h7-30H,1-2H2,3-6H3. The van der Waals surface area contributed by atoms with Crippen molar-refractivity contribution < 1.29 is 17.7 Å². The molecule has 0 amide bonds. The normalized spacial score (nSPS) is 15.6. The Balaban J connectivity index is 1.02.